The molecule has 1 saturated heterocycles. The van der Waals surface area contributed by atoms with E-state index in [0.29, 0.717) is 26.3 Å². The number of aromatic nitrogens is 1. The third-order valence-electron chi connectivity index (χ3n) is 4.79. The number of sulfonamides is 1. The molecule has 7 heteroatoms. The quantitative estimate of drug-likeness (QED) is 0.834. The van der Waals surface area contributed by atoms with Gasteiger partial charge in [-0.05, 0) is 29.7 Å². The van der Waals surface area contributed by atoms with Gasteiger partial charge in [0, 0.05) is 32.4 Å². The summed E-state index contributed by atoms with van der Waals surface area (Å²) >= 11 is 0. The maximum absolute atomic E-state index is 12.9. The molecule has 0 bridgehead atoms. The minimum absolute atomic E-state index is 0.254. The fraction of sp³-hybridized carbons (Fsp3) is 0.389. The van der Waals surface area contributed by atoms with Gasteiger partial charge in [0.1, 0.15) is 10.7 Å². The molecule has 3 heterocycles. The smallest absolute Gasteiger partial charge is 0.244 e. The standard InChI is InChI=1S/C18H21N3O3S/c22-25(23,21-8-7-15-3-1-2-4-16(15)14-21)17-5-6-18(19-13-17)20-9-11-24-12-10-20/h1-6,13H,7-12,14H2. The average molecular weight is 359 g/mol. The van der Waals surface area contributed by atoms with Crippen LogP contribution in [0, 0.1) is 0 Å². The van der Waals surface area contributed by atoms with Crippen molar-refractivity contribution in [1.82, 2.24) is 9.29 Å². The molecule has 6 nitrogen and oxygen atoms in total. The maximum atomic E-state index is 12.9. The van der Waals surface area contributed by atoms with Crippen LogP contribution in [0.3, 0.4) is 0 Å². The van der Waals surface area contributed by atoms with E-state index < -0.39 is 10.0 Å². The Morgan fingerprint density at radius 3 is 2.44 bits per heavy atom. The number of morpholine rings is 1. The minimum atomic E-state index is -3.52. The number of hydrogen-bond acceptors (Lipinski definition) is 5. The SMILES string of the molecule is O=S(=O)(c1ccc(N2CCOCC2)nc1)N1CCc2ccccc2C1. The van der Waals surface area contributed by atoms with Gasteiger partial charge in [0.2, 0.25) is 10.0 Å². The fourth-order valence-corrected chi connectivity index (χ4v) is 4.69. The van der Waals surface area contributed by atoms with Gasteiger partial charge in [0.15, 0.2) is 0 Å². The highest BCUT2D eigenvalue weighted by molar-refractivity contribution is 7.89. The number of anilines is 1. The Balaban J connectivity index is 1.54. The lowest BCUT2D eigenvalue weighted by Crippen LogP contribution is -2.37. The van der Waals surface area contributed by atoms with Crippen molar-refractivity contribution in [3.8, 4) is 0 Å². The molecule has 0 atom stereocenters. The topological polar surface area (TPSA) is 62.7 Å². The summed E-state index contributed by atoms with van der Waals surface area (Å²) in [6.07, 6.45) is 2.22. The van der Waals surface area contributed by atoms with Crippen molar-refractivity contribution in [3.05, 3.63) is 53.7 Å². The van der Waals surface area contributed by atoms with Gasteiger partial charge in [-0.25, -0.2) is 13.4 Å². The van der Waals surface area contributed by atoms with Gasteiger partial charge in [-0.15, -0.1) is 0 Å². The molecule has 132 valence electrons. The van der Waals surface area contributed by atoms with Crippen LogP contribution in [0.5, 0.6) is 0 Å². The van der Waals surface area contributed by atoms with E-state index in [0.717, 1.165) is 30.9 Å². The summed E-state index contributed by atoms with van der Waals surface area (Å²) in [5.41, 5.74) is 2.31. The number of pyridine rings is 1. The van der Waals surface area contributed by atoms with E-state index in [1.54, 1.807) is 16.4 Å². The molecule has 2 aromatic rings. The van der Waals surface area contributed by atoms with E-state index in [9.17, 15) is 8.42 Å². The Hall–Kier alpha value is -1.96. The van der Waals surface area contributed by atoms with Crippen molar-refractivity contribution in [1.29, 1.82) is 0 Å². The number of benzene rings is 1. The van der Waals surface area contributed by atoms with Crippen LogP contribution in [0.4, 0.5) is 5.82 Å². The van der Waals surface area contributed by atoms with Gasteiger partial charge in [0.25, 0.3) is 0 Å². The van der Waals surface area contributed by atoms with Crippen LogP contribution in [0.2, 0.25) is 0 Å². The van der Waals surface area contributed by atoms with Crippen LogP contribution in [0.15, 0.2) is 47.5 Å². The van der Waals surface area contributed by atoms with Crippen LogP contribution >= 0.6 is 0 Å². The van der Waals surface area contributed by atoms with E-state index >= 15 is 0 Å². The summed E-state index contributed by atoms with van der Waals surface area (Å²) in [5.74, 6) is 0.797. The molecule has 2 aliphatic heterocycles. The Morgan fingerprint density at radius 1 is 0.960 bits per heavy atom. The molecule has 0 unspecified atom stereocenters. The highest BCUT2D eigenvalue weighted by atomic mass is 32.2. The normalized spacial score (nSPS) is 18.8. The lowest BCUT2D eigenvalue weighted by atomic mass is 10.0. The van der Waals surface area contributed by atoms with Crippen molar-refractivity contribution in [2.75, 3.05) is 37.7 Å². The maximum Gasteiger partial charge on any atom is 0.244 e. The molecule has 0 radical (unpaired) electrons. The van der Waals surface area contributed by atoms with Gasteiger partial charge < -0.3 is 9.64 Å². The molecule has 0 aliphatic carbocycles. The molecule has 4 rings (SSSR count). The van der Waals surface area contributed by atoms with Gasteiger partial charge in [0.05, 0.1) is 13.2 Å². The van der Waals surface area contributed by atoms with Crippen LogP contribution < -0.4 is 4.90 Å². The molecule has 25 heavy (non-hydrogen) atoms. The molecule has 2 aliphatic rings. The predicted octanol–water partition coefficient (Wildman–Crippen LogP) is 1.67. The molecular formula is C18H21N3O3S. The lowest BCUT2D eigenvalue weighted by molar-refractivity contribution is 0.122. The molecule has 0 spiro atoms. The molecule has 0 N–H and O–H groups in total. The monoisotopic (exact) mass is 359 g/mol. The van der Waals surface area contributed by atoms with Crippen LogP contribution in [0.1, 0.15) is 11.1 Å². The molecule has 0 amide bonds. The Bertz CT molecular complexity index is 846. The fourth-order valence-electron chi connectivity index (χ4n) is 3.33. The Morgan fingerprint density at radius 2 is 1.72 bits per heavy atom. The largest absolute Gasteiger partial charge is 0.378 e. The lowest BCUT2D eigenvalue weighted by Gasteiger charge is -2.29. The van der Waals surface area contributed by atoms with Gasteiger partial charge in [-0.3, -0.25) is 0 Å². The second-order valence-corrected chi connectivity index (χ2v) is 8.25. The van der Waals surface area contributed by atoms with E-state index in [1.807, 2.05) is 18.2 Å². The summed E-state index contributed by atoms with van der Waals surface area (Å²) in [4.78, 5) is 6.73. The van der Waals surface area contributed by atoms with Gasteiger partial charge in [-0.2, -0.15) is 4.31 Å². The van der Waals surface area contributed by atoms with Gasteiger partial charge >= 0.3 is 0 Å². The summed E-state index contributed by atoms with van der Waals surface area (Å²) < 4.78 is 32.8. The second-order valence-electron chi connectivity index (χ2n) is 6.31. The highest BCUT2D eigenvalue weighted by Crippen LogP contribution is 2.25. The Kier molecular flexibility index (Phi) is 4.45. The first-order chi connectivity index (χ1) is 12.1. The predicted molar refractivity (Wildman–Crippen MR) is 95.0 cm³/mol. The first kappa shape index (κ1) is 16.5. The third-order valence-corrected chi connectivity index (χ3v) is 6.62. The zero-order chi connectivity index (χ0) is 17.3. The molecule has 1 aromatic heterocycles. The first-order valence-corrected chi connectivity index (χ1v) is 9.94. The summed E-state index contributed by atoms with van der Waals surface area (Å²) in [5, 5.41) is 0. The Labute approximate surface area is 148 Å². The van der Waals surface area contributed by atoms with Crippen molar-refractivity contribution in [3.63, 3.8) is 0 Å². The highest BCUT2D eigenvalue weighted by Gasteiger charge is 2.28. The number of nitrogens with zero attached hydrogens (tertiary/aromatic N) is 3. The zero-order valence-electron chi connectivity index (χ0n) is 14.0. The van der Waals surface area contributed by atoms with E-state index in [1.165, 1.54) is 11.8 Å². The van der Waals surface area contributed by atoms with E-state index in [2.05, 4.69) is 16.0 Å². The van der Waals surface area contributed by atoms with Crippen LogP contribution in [-0.4, -0.2) is 50.6 Å². The average Bonchev–Trinajstić information content (AvgIpc) is 2.68. The second kappa shape index (κ2) is 6.74. The summed E-state index contributed by atoms with van der Waals surface area (Å²) in [7, 11) is -3.52. The molecular weight excluding hydrogens is 338 g/mol. The van der Waals surface area contributed by atoms with E-state index in [4.69, 9.17) is 4.74 Å². The third kappa shape index (κ3) is 3.27. The van der Waals surface area contributed by atoms with Crippen molar-refractivity contribution < 1.29 is 13.2 Å². The van der Waals surface area contributed by atoms with Crippen molar-refractivity contribution >= 4 is 15.8 Å². The number of ether oxygens (including phenoxy) is 1. The van der Waals surface area contributed by atoms with E-state index in [-0.39, 0.29) is 4.90 Å². The summed E-state index contributed by atoms with van der Waals surface area (Å²) in [6, 6.07) is 11.5. The molecule has 1 aromatic carbocycles. The first-order valence-electron chi connectivity index (χ1n) is 8.50. The number of hydrogen-bond donors (Lipinski definition) is 0. The summed E-state index contributed by atoms with van der Waals surface area (Å²) in [6.45, 7) is 3.84. The zero-order valence-corrected chi connectivity index (χ0v) is 14.8. The molecule has 1 fully saturated rings. The number of rotatable bonds is 3. The molecule has 0 saturated carbocycles. The van der Waals surface area contributed by atoms with Crippen LogP contribution in [-0.2, 0) is 27.7 Å². The number of fused-ring (bicyclic) bond motifs is 1. The van der Waals surface area contributed by atoms with Crippen molar-refractivity contribution in [2.24, 2.45) is 0 Å². The van der Waals surface area contributed by atoms with Crippen molar-refractivity contribution in [2.45, 2.75) is 17.9 Å². The minimum Gasteiger partial charge on any atom is -0.378 e. The van der Waals surface area contributed by atoms with Gasteiger partial charge in [-0.1, -0.05) is 24.3 Å². The van der Waals surface area contributed by atoms with Crippen LogP contribution in [0.25, 0.3) is 0 Å².